The molecule has 1 heteroatoms. The average molecular weight is 165 g/mol. The van der Waals surface area contributed by atoms with Gasteiger partial charge in [-0.15, -0.1) is 0 Å². The summed E-state index contributed by atoms with van der Waals surface area (Å²) in [4.78, 5) is 0. The van der Waals surface area contributed by atoms with Gasteiger partial charge in [0.15, 0.2) is 0 Å². The molecule has 6 atom stereocenters. The number of hydrogen-bond acceptors (Lipinski definition) is 1. The molecule has 0 spiro atoms. The highest BCUT2D eigenvalue weighted by molar-refractivity contribution is 5.05. The van der Waals surface area contributed by atoms with Crippen molar-refractivity contribution < 1.29 is 0 Å². The summed E-state index contributed by atoms with van der Waals surface area (Å²) < 4.78 is 0. The minimum absolute atomic E-state index is 1.02. The van der Waals surface area contributed by atoms with E-state index in [9.17, 15) is 0 Å². The highest BCUT2D eigenvalue weighted by Gasteiger charge is 2.55. The SMILES string of the molecule is CC1C2CNCC2C(C)C2CC12. The van der Waals surface area contributed by atoms with E-state index in [1.165, 1.54) is 13.1 Å². The number of fused-ring (bicyclic) bond motifs is 2. The molecule has 68 valence electrons. The van der Waals surface area contributed by atoms with E-state index in [4.69, 9.17) is 0 Å². The van der Waals surface area contributed by atoms with E-state index >= 15 is 0 Å². The lowest BCUT2D eigenvalue weighted by molar-refractivity contribution is 0.141. The van der Waals surface area contributed by atoms with Crippen LogP contribution in [-0.2, 0) is 0 Å². The van der Waals surface area contributed by atoms with Crippen LogP contribution >= 0.6 is 0 Å². The summed E-state index contributed by atoms with van der Waals surface area (Å²) in [5.74, 6) is 6.30. The van der Waals surface area contributed by atoms with Crippen molar-refractivity contribution in [1.82, 2.24) is 5.32 Å². The first-order valence-electron chi connectivity index (χ1n) is 5.49. The van der Waals surface area contributed by atoms with Crippen LogP contribution in [-0.4, -0.2) is 13.1 Å². The first-order chi connectivity index (χ1) is 5.79. The monoisotopic (exact) mass is 165 g/mol. The van der Waals surface area contributed by atoms with Gasteiger partial charge in [0.25, 0.3) is 0 Å². The number of rotatable bonds is 0. The van der Waals surface area contributed by atoms with E-state index in [1.807, 2.05) is 0 Å². The van der Waals surface area contributed by atoms with Crippen LogP contribution in [0.15, 0.2) is 0 Å². The Morgan fingerprint density at radius 3 is 1.83 bits per heavy atom. The van der Waals surface area contributed by atoms with Crippen molar-refractivity contribution in [1.29, 1.82) is 0 Å². The lowest BCUT2D eigenvalue weighted by Gasteiger charge is -2.35. The summed E-state index contributed by atoms with van der Waals surface area (Å²) in [5.41, 5.74) is 0. The van der Waals surface area contributed by atoms with Crippen LogP contribution in [0.1, 0.15) is 20.3 Å². The summed E-state index contributed by atoms with van der Waals surface area (Å²) in [6.45, 7) is 7.58. The fraction of sp³-hybridized carbons (Fsp3) is 1.00. The Labute approximate surface area is 74.9 Å². The summed E-state index contributed by atoms with van der Waals surface area (Å²) in [5, 5.41) is 3.57. The molecule has 2 saturated carbocycles. The van der Waals surface area contributed by atoms with Crippen molar-refractivity contribution in [3.05, 3.63) is 0 Å². The first kappa shape index (κ1) is 7.37. The van der Waals surface area contributed by atoms with Crippen LogP contribution in [0.4, 0.5) is 0 Å². The molecule has 12 heavy (non-hydrogen) atoms. The van der Waals surface area contributed by atoms with E-state index in [2.05, 4.69) is 19.2 Å². The molecule has 0 aromatic heterocycles. The largest absolute Gasteiger partial charge is 0.316 e. The summed E-state index contributed by atoms with van der Waals surface area (Å²) in [7, 11) is 0. The zero-order valence-corrected chi connectivity index (χ0v) is 8.09. The molecule has 1 heterocycles. The Balaban J connectivity index is 1.87. The Kier molecular flexibility index (Phi) is 1.39. The summed E-state index contributed by atoms with van der Waals surface area (Å²) in [6.07, 6.45) is 1.55. The Morgan fingerprint density at radius 1 is 0.833 bits per heavy atom. The molecule has 1 saturated heterocycles. The second-order valence-electron chi connectivity index (χ2n) is 5.27. The molecule has 0 aromatic rings. The lowest BCUT2D eigenvalue weighted by atomic mass is 9.69. The minimum atomic E-state index is 1.02. The molecule has 3 rings (SSSR count). The molecule has 0 aromatic carbocycles. The average Bonchev–Trinajstić information content (AvgIpc) is 2.71. The quantitative estimate of drug-likeness (QED) is 0.576. The maximum absolute atomic E-state index is 3.57. The second-order valence-corrected chi connectivity index (χ2v) is 5.27. The molecular formula is C11H19N. The van der Waals surface area contributed by atoms with Gasteiger partial charge in [0.05, 0.1) is 0 Å². The van der Waals surface area contributed by atoms with Gasteiger partial charge in [-0.25, -0.2) is 0 Å². The van der Waals surface area contributed by atoms with Crippen LogP contribution in [0.3, 0.4) is 0 Å². The standard InChI is InChI=1S/C11H19N/c1-6-8-3-9(8)7(2)11-5-12-4-10(6)11/h6-12H,3-5H2,1-2H3. The molecule has 0 bridgehead atoms. The van der Waals surface area contributed by atoms with E-state index < -0.39 is 0 Å². The van der Waals surface area contributed by atoms with Gasteiger partial charge in [0, 0.05) is 0 Å². The molecule has 1 nitrogen and oxygen atoms in total. The van der Waals surface area contributed by atoms with Crippen LogP contribution < -0.4 is 5.32 Å². The van der Waals surface area contributed by atoms with Crippen molar-refractivity contribution in [2.24, 2.45) is 35.5 Å². The fourth-order valence-corrected chi connectivity index (χ4v) is 3.95. The van der Waals surface area contributed by atoms with Gasteiger partial charge in [-0.05, 0) is 55.0 Å². The van der Waals surface area contributed by atoms with Gasteiger partial charge in [-0.2, -0.15) is 0 Å². The van der Waals surface area contributed by atoms with Crippen molar-refractivity contribution >= 4 is 0 Å². The van der Waals surface area contributed by atoms with E-state index in [0.717, 1.165) is 35.5 Å². The third-order valence-electron chi connectivity index (χ3n) is 4.90. The van der Waals surface area contributed by atoms with Crippen LogP contribution in [0.25, 0.3) is 0 Å². The molecule has 6 unspecified atom stereocenters. The third kappa shape index (κ3) is 0.783. The molecule has 0 amide bonds. The molecule has 1 aliphatic heterocycles. The summed E-state index contributed by atoms with van der Waals surface area (Å²) >= 11 is 0. The van der Waals surface area contributed by atoms with Gasteiger partial charge < -0.3 is 5.32 Å². The Hall–Kier alpha value is -0.0400. The molecule has 0 radical (unpaired) electrons. The minimum Gasteiger partial charge on any atom is -0.316 e. The first-order valence-corrected chi connectivity index (χ1v) is 5.49. The van der Waals surface area contributed by atoms with Gasteiger partial charge >= 0.3 is 0 Å². The molecule has 3 fully saturated rings. The second kappa shape index (κ2) is 2.25. The molecule has 3 aliphatic rings. The Morgan fingerprint density at radius 2 is 1.33 bits per heavy atom. The van der Waals surface area contributed by atoms with E-state index in [0.29, 0.717) is 0 Å². The van der Waals surface area contributed by atoms with Gasteiger partial charge in [-0.3, -0.25) is 0 Å². The van der Waals surface area contributed by atoms with Gasteiger partial charge in [0.1, 0.15) is 0 Å². The van der Waals surface area contributed by atoms with Crippen LogP contribution in [0.2, 0.25) is 0 Å². The summed E-state index contributed by atoms with van der Waals surface area (Å²) in [6, 6.07) is 0. The lowest BCUT2D eigenvalue weighted by Crippen LogP contribution is -2.33. The highest BCUT2D eigenvalue weighted by atomic mass is 14.9. The van der Waals surface area contributed by atoms with Crippen molar-refractivity contribution in [2.45, 2.75) is 20.3 Å². The molecular weight excluding hydrogens is 146 g/mol. The maximum atomic E-state index is 3.57. The van der Waals surface area contributed by atoms with Crippen molar-refractivity contribution in [2.75, 3.05) is 13.1 Å². The van der Waals surface area contributed by atoms with E-state index in [-0.39, 0.29) is 0 Å². The van der Waals surface area contributed by atoms with Crippen LogP contribution in [0, 0.1) is 35.5 Å². The van der Waals surface area contributed by atoms with Crippen molar-refractivity contribution in [3.8, 4) is 0 Å². The Bertz CT molecular complexity index is 181. The van der Waals surface area contributed by atoms with Gasteiger partial charge in [-0.1, -0.05) is 13.8 Å². The maximum Gasteiger partial charge on any atom is -0.00145 e. The molecule has 2 aliphatic carbocycles. The van der Waals surface area contributed by atoms with E-state index in [1.54, 1.807) is 6.42 Å². The topological polar surface area (TPSA) is 12.0 Å². The fourth-order valence-electron chi connectivity index (χ4n) is 3.95. The van der Waals surface area contributed by atoms with Crippen LogP contribution in [0.5, 0.6) is 0 Å². The number of nitrogens with one attached hydrogen (secondary N) is 1. The molecule has 1 N–H and O–H groups in total. The zero-order valence-electron chi connectivity index (χ0n) is 8.09. The smallest absolute Gasteiger partial charge is 0.00145 e. The highest BCUT2D eigenvalue weighted by Crippen LogP contribution is 2.60. The normalized spacial score (nSPS) is 62.5. The van der Waals surface area contributed by atoms with Gasteiger partial charge in [0.2, 0.25) is 0 Å². The number of hydrogen-bond donors (Lipinski definition) is 1. The zero-order chi connectivity index (χ0) is 8.29. The predicted octanol–water partition coefficient (Wildman–Crippen LogP) is 1.74. The third-order valence-corrected chi connectivity index (χ3v) is 4.90. The van der Waals surface area contributed by atoms with Crippen molar-refractivity contribution in [3.63, 3.8) is 0 Å². The predicted molar refractivity (Wildman–Crippen MR) is 49.8 cm³/mol.